The van der Waals surface area contributed by atoms with Crippen LogP contribution in [0.15, 0.2) is 54.2 Å². The minimum Gasteiger partial charge on any atom is -0.366 e. The van der Waals surface area contributed by atoms with Crippen LogP contribution >= 0.6 is 23.2 Å². The zero-order valence-electron chi connectivity index (χ0n) is 16.9. The minimum absolute atomic E-state index is 0.195. The molecule has 2 heterocycles. The number of likely N-dealkylation sites (tertiary alicyclic amines) is 1. The molecule has 4 rings (SSSR count). The molecule has 2 aromatic rings. The van der Waals surface area contributed by atoms with Crippen molar-refractivity contribution >= 4 is 46.3 Å². The maximum atomic E-state index is 13.6. The van der Waals surface area contributed by atoms with Gasteiger partial charge in [0.15, 0.2) is 0 Å². The minimum atomic E-state index is -0.348. The molecule has 0 atom stereocenters. The number of carbonyl (C=O) groups excluding carboxylic acids is 2. The van der Waals surface area contributed by atoms with Crippen molar-refractivity contribution in [3.63, 3.8) is 0 Å². The van der Waals surface area contributed by atoms with Crippen molar-refractivity contribution in [1.29, 1.82) is 0 Å². The van der Waals surface area contributed by atoms with Crippen molar-refractivity contribution in [2.24, 2.45) is 0 Å². The summed E-state index contributed by atoms with van der Waals surface area (Å²) in [6, 6.07) is 14.3. The van der Waals surface area contributed by atoms with Crippen molar-refractivity contribution in [1.82, 2.24) is 9.80 Å². The summed E-state index contributed by atoms with van der Waals surface area (Å²) in [5.74, 6) is -0.682. The predicted molar refractivity (Wildman–Crippen MR) is 121 cm³/mol. The number of amides is 2. The summed E-state index contributed by atoms with van der Waals surface area (Å²) < 4.78 is 0. The Morgan fingerprint density at radius 3 is 2.23 bits per heavy atom. The van der Waals surface area contributed by atoms with Crippen molar-refractivity contribution in [2.45, 2.75) is 18.9 Å². The van der Waals surface area contributed by atoms with Gasteiger partial charge in [-0.15, -0.1) is 0 Å². The summed E-state index contributed by atoms with van der Waals surface area (Å²) in [6.07, 6.45) is 1.87. The highest BCUT2D eigenvalue weighted by atomic mass is 35.5. The number of rotatable bonds is 4. The summed E-state index contributed by atoms with van der Waals surface area (Å²) in [5, 5.41) is 0.674. The largest absolute Gasteiger partial charge is 0.366 e. The predicted octanol–water partition coefficient (Wildman–Crippen LogP) is 4.30. The average Bonchev–Trinajstić information content (AvgIpc) is 3.01. The normalized spacial score (nSPS) is 18.5. The molecule has 0 N–H and O–H groups in total. The number of anilines is 1. The Balaban J connectivity index is 1.78. The van der Waals surface area contributed by atoms with E-state index in [-0.39, 0.29) is 17.9 Å². The molecule has 1 fully saturated rings. The molecule has 5 nitrogen and oxygen atoms in total. The number of piperidine rings is 1. The van der Waals surface area contributed by atoms with Gasteiger partial charge in [0.2, 0.25) is 0 Å². The van der Waals surface area contributed by atoms with E-state index in [1.165, 1.54) is 4.90 Å². The fraction of sp³-hybridized carbons (Fsp3) is 0.304. The number of imide groups is 1. The first-order valence-electron chi connectivity index (χ1n) is 9.93. The van der Waals surface area contributed by atoms with E-state index >= 15 is 0 Å². The summed E-state index contributed by atoms with van der Waals surface area (Å²) in [6.45, 7) is 1.92. The van der Waals surface area contributed by atoms with E-state index in [0.717, 1.165) is 31.5 Å². The average molecular weight is 444 g/mol. The molecule has 2 aliphatic rings. The fourth-order valence-electron chi connectivity index (χ4n) is 4.13. The molecule has 0 saturated carbocycles. The highest BCUT2D eigenvalue weighted by Crippen LogP contribution is 2.37. The van der Waals surface area contributed by atoms with Gasteiger partial charge in [-0.3, -0.25) is 9.59 Å². The number of likely N-dealkylation sites (N-methyl/N-ethyl adjacent to an activating group) is 1. The molecule has 2 aliphatic heterocycles. The van der Waals surface area contributed by atoms with Crippen LogP contribution in [0.1, 0.15) is 18.4 Å². The summed E-state index contributed by atoms with van der Waals surface area (Å²) in [7, 11) is 4.01. The van der Waals surface area contributed by atoms with Crippen molar-refractivity contribution in [3.05, 3.63) is 69.8 Å². The second kappa shape index (κ2) is 8.42. The Bertz CT molecular complexity index is 1010. The third-order valence-corrected chi connectivity index (χ3v) is 6.61. The Morgan fingerprint density at radius 1 is 0.933 bits per heavy atom. The summed E-state index contributed by atoms with van der Waals surface area (Å²) in [5.41, 5.74) is 2.01. The lowest BCUT2D eigenvalue weighted by Gasteiger charge is -2.36. The fourth-order valence-corrected chi connectivity index (χ4v) is 4.43. The third kappa shape index (κ3) is 3.73. The van der Waals surface area contributed by atoms with E-state index in [4.69, 9.17) is 23.2 Å². The van der Waals surface area contributed by atoms with Crippen LogP contribution in [-0.2, 0) is 9.59 Å². The molecule has 0 aliphatic carbocycles. The smallest absolute Gasteiger partial charge is 0.282 e. The number of benzene rings is 2. The van der Waals surface area contributed by atoms with Gasteiger partial charge in [-0.05, 0) is 56.7 Å². The van der Waals surface area contributed by atoms with Gasteiger partial charge in [0, 0.05) is 13.1 Å². The van der Waals surface area contributed by atoms with Crippen LogP contribution in [0.25, 0.3) is 5.57 Å². The first-order valence-corrected chi connectivity index (χ1v) is 10.7. The van der Waals surface area contributed by atoms with Gasteiger partial charge in [0.25, 0.3) is 11.8 Å². The van der Waals surface area contributed by atoms with Gasteiger partial charge in [-0.1, -0.05) is 53.5 Å². The van der Waals surface area contributed by atoms with Gasteiger partial charge in [0.05, 0.1) is 21.3 Å². The molecule has 0 unspecified atom stereocenters. The van der Waals surface area contributed by atoms with Crippen LogP contribution in [-0.4, -0.2) is 54.8 Å². The molecule has 0 bridgehead atoms. The number of hydrogen-bond donors (Lipinski definition) is 0. The number of carbonyl (C=O) groups is 2. The maximum Gasteiger partial charge on any atom is 0.282 e. The molecule has 156 valence electrons. The van der Waals surface area contributed by atoms with E-state index in [1.807, 2.05) is 42.3 Å². The highest BCUT2D eigenvalue weighted by molar-refractivity contribution is 6.46. The van der Waals surface area contributed by atoms with Gasteiger partial charge in [-0.25, -0.2) is 4.90 Å². The van der Waals surface area contributed by atoms with Crippen LogP contribution < -0.4 is 4.90 Å². The summed E-state index contributed by atoms with van der Waals surface area (Å²) >= 11 is 12.2. The van der Waals surface area contributed by atoms with Crippen LogP contribution in [0.3, 0.4) is 0 Å². The quantitative estimate of drug-likeness (QED) is 0.660. The Labute approximate surface area is 186 Å². The van der Waals surface area contributed by atoms with E-state index in [9.17, 15) is 9.59 Å². The molecule has 0 radical (unpaired) electrons. The molecular formula is C23H23Cl2N3O2. The summed E-state index contributed by atoms with van der Waals surface area (Å²) in [4.78, 5) is 32.5. The van der Waals surface area contributed by atoms with Gasteiger partial charge >= 0.3 is 0 Å². The van der Waals surface area contributed by atoms with Crippen molar-refractivity contribution < 1.29 is 9.59 Å². The lowest BCUT2D eigenvalue weighted by atomic mass is 10.0. The standard InChI is InChI=1S/C23H23Cl2N3O2/c1-26-12-10-16(11-13-26)27(2)21-20(15-6-4-3-5-7-15)22(29)28(23(21)30)17-8-9-18(24)19(25)14-17/h3-9,14,16H,10-13H2,1-2H3. The second-order valence-electron chi connectivity index (χ2n) is 7.78. The third-order valence-electron chi connectivity index (χ3n) is 5.87. The molecule has 0 aromatic heterocycles. The zero-order valence-corrected chi connectivity index (χ0v) is 18.5. The molecule has 2 aromatic carbocycles. The van der Waals surface area contributed by atoms with Gasteiger partial charge in [-0.2, -0.15) is 0 Å². The SMILES string of the molecule is CN1CCC(N(C)C2=C(c3ccccc3)C(=O)N(c3ccc(Cl)c(Cl)c3)C2=O)CC1. The number of nitrogens with zero attached hydrogens (tertiary/aromatic N) is 3. The van der Waals surface area contributed by atoms with Crippen molar-refractivity contribution in [3.8, 4) is 0 Å². The van der Waals surface area contributed by atoms with E-state index in [0.29, 0.717) is 27.0 Å². The first-order chi connectivity index (χ1) is 14.4. The molecular weight excluding hydrogens is 421 g/mol. The first kappa shape index (κ1) is 20.9. The monoisotopic (exact) mass is 443 g/mol. The molecule has 2 amide bonds. The van der Waals surface area contributed by atoms with Crippen molar-refractivity contribution in [2.75, 3.05) is 32.1 Å². The maximum absolute atomic E-state index is 13.6. The van der Waals surface area contributed by atoms with Crippen LogP contribution in [0.5, 0.6) is 0 Å². The van der Waals surface area contributed by atoms with Crippen LogP contribution in [0.4, 0.5) is 5.69 Å². The van der Waals surface area contributed by atoms with Gasteiger partial charge in [0.1, 0.15) is 5.70 Å². The van der Waals surface area contributed by atoms with Crippen LogP contribution in [0.2, 0.25) is 10.0 Å². The Hall–Kier alpha value is -2.34. The van der Waals surface area contributed by atoms with E-state index in [1.54, 1.807) is 18.2 Å². The van der Waals surface area contributed by atoms with E-state index in [2.05, 4.69) is 11.9 Å². The van der Waals surface area contributed by atoms with Gasteiger partial charge < -0.3 is 9.80 Å². The number of halogens is 2. The molecule has 30 heavy (non-hydrogen) atoms. The Morgan fingerprint density at radius 2 is 1.60 bits per heavy atom. The molecule has 0 spiro atoms. The van der Waals surface area contributed by atoms with E-state index < -0.39 is 0 Å². The van der Waals surface area contributed by atoms with Crippen LogP contribution in [0, 0.1) is 0 Å². The highest BCUT2D eigenvalue weighted by Gasteiger charge is 2.43. The lowest BCUT2D eigenvalue weighted by Crippen LogP contribution is -2.43. The molecule has 7 heteroatoms. The second-order valence-corrected chi connectivity index (χ2v) is 8.59. The topological polar surface area (TPSA) is 43.9 Å². The lowest BCUT2D eigenvalue weighted by molar-refractivity contribution is -0.120. The Kier molecular flexibility index (Phi) is 5.87. The molecule has 1 saturated heterocycles. The number of hydrogen-bond acceptors (Lipinski definition) is 4. The zero-order chi connectivity index (χ0) is 21.4.